The minimum Gasteiger partial charge on any atom is -0.481 e. The molecule has 1 amide bonds. The Morgan fingerprint density at radius 2 is 1.93 bits per heavy atom. The van der Waals surface area contributed by atoms with E-state index >= 15 is 0 Å². The number of pyridine rings is 1. The summed E-state index contributed by atoms with van der Waals surface area (Å²) in [5.74, 6) is 4.89. The van der Waals surface area contributed by atoms with Gasteiger partial charge in [0.1, 0.15) is 11.9 Å². The fourth-order valence-electron chi connectivity index (χ4n) is 5.74. The molecule has 1 N–H and O–H groups in total. The number of carboxylic acid groups (broad SMARTS) is 1. The Bertz CT molecular complexity index is 1520. The van der Waals surface area contributed by atoms with Crippen molar-refractivity contribution in [2.45, 2.75) is 71.4 Å². The molecule has 1 aromatic carbocycles. The highest BCUT2D eigenvalue weighted by Gasteiger charge is 2.31. The highest BCUT2D eigenvalue weighted by Crippen LogP contribution is 2.41. The average Bonchev–Trinajstić information content (AvgIpc) is 3.49. The highest BCUT2D eigenvalue weighted by molar-refractivity contribution is 14.1. The number of hydrogen-bond acceptors (Lipinski definition) is 6. The standard InChI is InChI=1S/C30H34IN5O4/c1-5-7-27(37)36(25-16-18(2)22(31)17-24(25)35-15-6-8-19(35)3)26-14-13-23-28(32-26)29(33-34(23)4)40-21-11-9-20(10-12-21)30(38)39/h13-14,16-17,19-21H,6,8-12,15H2,1-4H3,(H,38,39)/t19-,20-,21-/m0/s1. The summed E-state index contributed by atoms with van der Waals surface area (Å²) in [6.07, 6.45) is 4.50. The third kappa shape index (κ3) is 5.48. The molecule has 5 rings (SSSR count). The minimum atomic E-state index is -0.749. The van der Waals surface area contributed by atoms with E-state index in [9.17, 15) is 14.7 Å². The summed E-state index contributed by atoms with van der Waals surface area (Å²) >= 11 is 2.35. The van der Waals surface area contributed by atoms with Gasteiger partial charge in [0.2, 0.25) is 0 Å². The molecule has 10 heteroatoms. The van der Waals surface area contributed by atoms with Crippen LogP contribution in [0.3, 0.4) is 0 Å². The summed E-state index contributed by atoms with van der Waals surface area (Å²) in [6.45, 7) is 6.84. The third-order valence-electron chi connectivity index (χ3n) is 7.98. The van der Waals surface area contributed by atoms with E-state index in [4.69, 9.17) is 9.72 Å². The van der Waals surface area contributed by atoms with Crippen molar-refractivity contribution in [2.24, 2.45) is 13.0 Å². The van der Waals surface area contributed by atoms with Crippen LogP contribution < -0.4 is 14.5 Å². The van der Waals surface area contributed by atoms with Crippen LogP contribution in [0.5, 0.6) is 5.88 Å². The third-order valence-corrected chi connectivity index (χ3v) is 9.14. The second-order valence-corrected chi connectivity index (χ2v) is 11.8. The molecule has 0 bridgehead atoms. The lowest BCUT2D eigenvalue weighted by molar-refractivity contribution is -0.143. The Hall–Kier alpha value is -3.33. The van der Waals surface area contributed by atoms with Gasteiger partial charge in [-0.3, -0.25) is 19.2 Å². The molecule has 40 heavy (non-hydrogen) atoms. The number of aryl methyl sites for hydroxylation is 2. The van der Waals surface area contributed by atoms with Gasteiger partial charge in [-0.15, -0.1) is 5.10 Å². The first-order valence-electron chi connectivity index (χ1n) is 13.7. The number of halogens is 1. The Kier molecular flexibility index (Phi) is 8.21. The van der Waals surface area contributed by atoms with Gasteiger partial charge in [0.05, 0.1) is 22.8 Å². The maximum absolute atomic E-state index is 13.6. The number of fused-ring (bicyclic) bond motifs is 1. The van der Waals surface area contributed by atoms with E-state index in [1.165, 1.54) is 0 Å². The van der Waals surface area contributed by atoms with Crippen LogP contribution in [0.4, 0.5) is 17.2 Å². The zero-order valence-corrected chi connectivity index (χ0v) is 25.4. The van der Waals surface area contributed by atoms with Gasteiger partial charge in [0.25, 0.3) is 5.88 Å². The number of anilines is 3. The van der Waals surface area contributed by atoms with E-state index in [0.29, 0.717) is 48.9 Å². The largest absolute Gasteiger partial charge is 0.481 e. The molecule has 1 atom stereocenters. The second kappa shape index (κ2) is 11.6. The van der Waals surface area contributed by atoms with Gasteiger partial charge in [-0.2, -0.15) is 0 Å². The van der Waals surface area contributed by atoms with Gasteiger partial charge < -0.3 is 14.7 Å². The van der Waals surface area contributed by atoms with Gasteiger partial charge in [0, 0.05) is 23.2 Å². The Morgan fingerprint density at radius 3 is 2.58 bits per heavy atom. The summed E-state index contributed by atoms with van der Waals surface area (Å²) in [7, 11) is 1.83. The Labute approximate surface area is 248 Å². The van der Waals surface area contributed by atoms with Crippen molar-refractivity contribution in [2.75, 3.05) is 16.3 Å². The SMILES string of the molecule is CC#CC(=O)N(c1ccc2c(n1)c(O[C@H]1CC[C@H](C(=O)O)CC1)nn2C)c1cc(C)c(I)cc1N1CCC[C@@H]1C. The maximum Gasteiger partial charge on any atom is 0.308 e. The predicted octanol–water partition coefficient (Wildman–Crippen LogP) is 5.58. The number of aromatic nitrogens is 3. The molecule has 0 radical (unpaired) electrons. The molecular formula is C30H34IN5O4. The smallest absolute Gasteiger partial charge is 0.308 e. The van der Waals surface area contributed by atoms with Crippen LogP contribution in [-0.2, 0) is 16.6 Å². The zero-order chi connectivity index (χ0) is 28.6. The molecule has 2 aromatic heterocycles. The van der Waals surface area contributed by atoms with Crippen molar-refractivity contribution >= 4 is 62.7 Å². The van der Waals surface area contributed by atoms with Gasteiger partial charge in [-0.05, 0) is 118 Å². The minimum absolute atomic E-state index is 0.134. The first kappa shape index (κ1) is 28.2. The molecule has 0 spiro atoms. The average molecular weight is 656 g/mol. The second-order valence-electron chi connectivity index (χ2n) is 10.7. The van der Waals surface area contributed by atoms with E-state index in [2.05, 4.69) is 57.4 Å². The van der Waals surface area contributed by atoms with Crippen LogP contribution in [0.25, 0.3) is 11.0 Å². The molecule has 0 unspecified atom stereocenters. The molecule has 3 heterocycles. The number of hydrogen-bond donors (Lipinski definition) is 1. The molecule has 1 aliphatic heterocycles. The molecule has 1 saturated heterocycles. The first-order chi connectivity index (χ1) is 19.2. The Morgan fingerprint density at radius 1 is 1.18 bits per heavy atom. The molecule has 210 valence electrons. The number of carbonyl (C=O) groups excluding carboxylic acids is 1. The summed E-state index contributed by atoms with van der Waals surface area (Å²) in [6, 6.07) is 8.28. The van der Waals surface area contributed by atoms with Crippen LogP contribution in [0.15, 0.2) is 24.3 Å². The summed E-state index contributed by atoms with van der Waals surface area (Å²) in [5, 5.41) is 13.9. The van der Waals surface area contributed by atoms with Crippen LogP contribution in [0.1, 0.15) is 57.9 Å². The monoisotopic (exact) mass is 655 g/mol. The van der Waals surface area contributed by atoms with Crippen molar-refractivity contribution in [1.29, 1.82) is 0 Å². The van der Waals surface area contributed by atoms with Crippen LogP contribution >= 0.6 is 22.6 Å². The molecule has 2 aliphatic rings. The summed E-state index contributed by atoms with van der Waals surface area (Å²) in [4.78, 5) is 33.9. The van der Waals surface area contributed by atoms with Crippen LogP contribution in [0, 0.1) is 28.3 Å². The molecule has 1 aliphatic carbocycles. The first-order valence-corrected chi connectivity index (χ1v) is 14.8. The number of benzene rings is 1. The van der Waals surface area contributed by atoms with Crippen molar-refractivity contribution in [3.8, 4) is 17.7 Å². The van der Waals surface area contributed by atoms with E-state index in [1.54, 1.807) is 16.5 Å². The predicted molar refractivity (Wildman–Crippen MR) is 163 cm³/mol. The lowest BCUT2D eigenvalue weighted by Crippen LogP contribution is -2.31. The van der Waals surface area contributed by atoms with Crippen LogP contribution in [-0.4, -0.2) is 50.4 Å². The lowest BCUT2D eigenvalue weighted by atomic mass is 9.87. The molecular weight excluding hydrogens is 621 g/mol. The quantitative estimate of drug-likeness (QED) is 0.274. The number of nitrogens with zero attached hydrogens (tertiary/aromatic N) is 5. The Balaban J connectivity index is 1.57. The van der Waals surface area contributed by atoms with Crippen molar-refractivity contribution in [3.05, 3.63) is 33.4 Å². The number of rotatable bonds is 6. The van der Waals surface area contributed by atoms with Gasteiger partial charge >= 0.3 is 11.9 Å². The molecule has 2 fully saturated rings. The number of ether oxygens (including phenoxy) is 1. The fraction of sp³-hybridized carbons (Fsp3) is 0.467. The number of amides is 1. The summed E-state index contributed by atoms with van der Waals surface area (Å²) in [5.41, 5.74) is 4.15. The fourth-order valence-corrected chi connectivity index (χ4v) is 6.19. The van der Waals surface area contributed by atoms with E-state index < -0.39 is 5.97 Å². The highest BCUT2D eigenvalue weighted by atomic mass is 127. The van der Waals surface area contributed by atoms with Crippen LogP contribution in [0.2, 0.25) is 0 Å². The van der Waals surface area contributed by atoms with E-state index in [0.717, 1.165) is 45.4 Å². The van der Waals surface area contributed by atoms with Gasteiger partial charge in [-0.1, -0.05) is 5.92 Å². The lowest BCUT2D eigenvalue weighted by Gasteiger charge is -2.31. The molecule has 1 saturated carbocycles. The number of carbonyl (C=O) groups is 2. The van der Waals surface area contributed by atoms with Gasteiger partial charge in [-0.25, -0.2) is 4.98 Å². The zero-order valence-electron chi connectivity index (χ0n) is 23.3. The van der Waals surface area contributed by atoms with Crippen molar-refractivity contribution in [1.82, 2.24) is 14.8 Å². The molecule has 3 aromatic rings. The van der Waals surface area contributed by atoms with E-state index in [-0.39, 0.29) is 17.9 Å². The van der Waals surface area contributed by atoms with Crippen molar-refractivity contribution < 1.29 is 19.4 Å². The van der Waals surface area contributed by atoms with Gasteiger partial charge in [0.15, 0.2) is 5.52 Å². The number of aliphatic carboxylic acids is 1. The normalized spacial score (nSPS) is 20.7. The maximum atomic E-state index is 13.6. The topological polar surface area (TPSA) is 101 Å². The number of carboxylic acids is 1. The molecule has 9 nitrogen and oxygen atoms in total. The van der Waals surface area contributed by atoms with Crippen molar-refractivity contribution in [3.63, 3.8) is 0 Å². The summed E-state index contributed by atoms with van der Waals surface area (Å²) < 4.78 is 9.14. The van der Waals surface area contributed by atoms with E-state index in [1.807, 2.05) is 32.2 Å².